The first kappa shape index (κ1) is 21.3. The number of hydrazine groups is 1. The quantitative estimate of drug-likeness (QED) is 0.736. The highest BCUT2D eigenvalue weighted by Gasteiger charge is 2.37. The number of morpholine rings is 1. The number of nitrogens with one attached hydrogen (secondary N) is 2. The highest BCUT2D eigenvalue weighted by Crippen LogP contribution is 2.41. The number of H-pyrrole nitrogens is 1. The van der Waals surface area contributed by atoms with E-state index in [0.29, 0.717) is 6.04 Å². The summed E-state index contributed by atoms with van der Waals surface area (Å²) in [6.45, 7) is 14.7. The van der Waals surface area contributed by atoms with Crippen LogP contribution in [0, 0.1) is 5.41 Å². The Morgan fingerprint density at radius 3 is 2.84 bits per heavy atom. The summed E-state index contributed by atoms with van der Waals surface area (Å²) < 4.78 is 5.98. The van der Waals surface area contributed by atoms with Crippen molar-refractivity contribution in [2.75, 3.05) is 31.2 Å². The first-order valence-electron chi connectivity index (χ1n) is 11.7. The molecule has 0 bridgehead atoms. The van der Waals surface area contributed by atoms with Gasteiger partial charge in [-0.25, -0.2) is 10.4 Å². The van der Waals surface area contributed by atoms with Crippen molar-refractivity contribution in [3.8, 4) is 0 Å². The molecule has 170 valence electrons. The van der Waals surface area contributed by atoms with Gasteiger partial charge in [0.15, 0.2) is 0 Å². The largest absolute Gasteiger partial charge is 0.377 e. The fourth-order valence-electron chi connectivity index (χ4n) is 5.16. The minimum atomic E-state index is 0.0388. The lowest BCUT2D eigenvalue weighted by atomic mass is 9.77. The zero-order chi connectivity index (χ0) is 22.5. The second-order valence-corrected chi connectivity index (χ2v) is 10.8. The second-order valence-electron chi connectivity index (χ2n) is 10.8. The predicted molar refractivity (Wildman–Crippen MR) is 130 cm³/mol. The van der Waals surface area contributed by atoms with Crippen LogP contribution in [-0.4, -0.2) is 47.3 Å². The van der Waals surface area contributed by atoms with Crippen LogP contribution in [0.1, 0.15) is 46.6 Å². The summed E-state index contributed by atoms with van der Waals surface area (Å²) >= 11 is 0. The minimum Gasteiger partial charge on any atom is -0.377 e. The number of fused-ring (bicyclic) bond motifs is 2. The van der Waals surface area contributed by atoms with Gasteiger partial charge in [0.25, 0.3) is 0 Å². The van der Waals surface area contributed by atoms with E-state index in [1.807, 2.05) is 6.20 Å². The maximum atomic E-state index is 5.98. The smallest absolute Gasteiger partial charge is 0.139 e. The number of aromatic nitrogens is 2. The number of hydrogen-bond acceptors (Lipinski definition) is 5. The van der Waals surface area contributed by atoms with Crippen LogP contribution in [0.2, 0.25) is 0 Å². The Morgan fingerprint density at radius 1 is 1.19 bits per heavy atom. The van der Waals surface area contributed by atoms with Gasteiger partial charge in [0.1, 0.15) is 5.65 Å². The number of allylic oxidation sites excluding steroid dienone is 3. The molecule has 1 atom stereocenters. The SMILES string of the molecule is CC(C)(CC1COCCN1c1c[nH]c2ncc(C(C)(C)C)cc12)C1=C2C=CC=CN2NC1. The Kier molecular flexibility index (Phi) is 5.18. The molecule has 5 heterocycles. The molecule has 6 heteroatoms. The van der Waals surface area contributed by atoms with Gasteiger partial charge in [0.2, 0.25) is 0 Å². The Bertz CT molecular complexity index is 1100. The molecular formula is C26H35N5O. The van der Waals surface area contributed by atoms with E-state index in [0.717, 1.165) is 38.4 Å². The Hall–Kier alpha value is -2.57. The number of hydrogen-bond donors (Lipinski definition) is 2. The summed E-state index contributed by atoms with van der Waals surface area (Å²) in [4.78, 5) is 10.7. The van der Waals surface area contributed by atoms with Crippen LogP contribution < -0.4 is 10.3 Å². The van der Waals surface area contributed by atoms with Crippen molar-refractivity contribution in [1.29, 1.82) is 0 Å². The van der Waals surface area contributed by atoms with Crippen LogP contribution in [-0.2, 0) is 10.2 Å². The molecule has 32 heavy (non-hydrogen) atoms. The van der Waals surface area contributed by atoms with Crippen molar-refractivity contribution in [3.05, 3.63) is 59.7 Å². The van der Waals surface area contributed by atoms with E-state index >= 15 is 0 Å². The van der Waals surface area contributed by atoms with Crippen LogP contribution in [0.5, 0.6) is 0 Å². The minimum absolute atomic E-state index is 0.0388. The number of pyridine rings is 1. The third-order valence-corrected chi connectivity index (χ3v) is 7.07. The summed E-state index contributed by atoms with van der Waals surface area (Å²) in [6.07, 6.45) is 13.7. The number of anilines is 1. The summed E-state index contributed by atoms with van der Waals surface area (Å²) in [6, 6.07) is 2.62. The molecule has 5 rings (SSSR count). The maximum Gasteiger partial charge on any atom is 0.139 e. The molecule has 0 spiro atoms. The molecule has 3 aliphatic rings. The number of aromatic amines is 1. The first-order chi connectivity index (χ1) is 15.2. The van der Waals surface area contributed by atoms with Gasteiger partial charge in [0.05, 0.1) is 30.6 Å². The van der Waals surface area contributed by atoms with Crippen molar-refractivity contribution < 1.29 is 4.74 Å². The van der Waals surface area contributed by atoms with E-state index in [-0.39, 0.29) is 10.8 Å². The molecule has 0 radical (unpaired) electrons. The van der Waals surface area contributed by atoms with Crippen molar-refractivity contribution in [2.45, 2.75) is 52.5 Å². The standard InChI is InChI=1S/C26H35N5O/c1-25(2,3)18-12-20-23(16-28-24(20)27-14-18)30-10-11-32-17-19(30)13-26(4,5)21-15-29-31-9-7-6-8-22(21)31/h6-9,12,14,16,19,29H,10-11,13,15,17H2,1-5H3,(H,27,28). The molecule has 3 aliphatic heterocycles. The Morgan fingerprint density at radius 2 is 2.03 bits per heavy atom. The Balaban J connectivity index is 1.46. The summed E-state index contributed by atoms with van der Waals surface area (Å²) in [5.74, 6) is 0. The van der Waals surface area contributed by atoms with Crippen molar-refractivity contribution in [1.82, 2.24) is 20.4 Å². The van der Waals surface area contributed by atoms with Crippen LogP contribution in [0.15, 0.2) is 54.2 Å². The van der Waals surface area contributed by atoms with Gasteiger partial charge >= 0.3 is 0 Å². The number of ether oxygens (including phenoxy) is 1. The third-order valence-electron chi connectivity index (χ3n) is 7.07. The zero-order valence-corrected chi connectivity index (χ0v) is 19.9. The molecule has 0 aromatic carbocycles. The molecule has 6 nitrogen and oxygen atoms in total. The monoisotopic (exact) mass is 433 g/mol. The molecular weight excluding hydrogens is 398 g/mol. The van der Waals surface area contributed by atoms with Crippen LogP contribution in [0.3, 0.4) is 0 Å². The van der Waals surface area contributed by atoms with Gasteiger partial charge in [-0.05, 0) is 46.6 Å². The van der Waals surface area contributed by atoms with Gasteiger partial charge in [-0.2, -0.15) is 0 Å². The van der Waals surface area contributed by atoms with Crippen molar-refractivity contribution in [2.24, 2.45) is 5.41 Å². The van der Waals surface area contributed by atoms with E-state index in [2.05, 4.69) is 91.6 Å². The normalized spacial score (nSPS) is 21.7. The molecule has 2 aromatic heterocycles. The second kappa shape index (κ2) is 7.78. The highest BCUT2D eigenvalue weighted by molar-refractivity contribution is 5.91. The average molecular weight is 434 g/mol. The summed E-state index contributed by atoms with van der Waals surface area (Å²) in [5, 5.41) is 3.35. The van der Waals surface area contributed by atoms with Crippen LogP contribution in [0.4, 0.5) is 5.69 Å². The van der Waals surface area contributed by atoms with Gasteiger partial charge in [-0.1, -0.05) is 40.7 Å². The van der Waals surface area contributed by atoms with Gasteiger partial charge in [-0.15, -0.1) is 0 Å². The molecule has 2 N–H and O–H groups in total. The Labute approximate surface area is 191 Å². The number of rotatable bonds is 4. The molecule has 0 aliphatic carbocycles. The van der Waals surface area contributed by atoms with Gasteiger partial charge in [-0.3, -0.25) is 5.01 Å². The summed E-state index contributed by atoms with van der Waals surface area (Å²) in [7, 11) is 0. The van der Waals surface area contributed by atoms with Crippen molar-refractivity contribution in [3.63, 3.8) is 0 Å². The molecule has 0 amide bonds. The molecule has 1 saturated heterocycles. The fourth-order valence-corrected chi connectivity index (χ4v) is 5.16. The van der Waals surface area contributed by atoms with E-state index in [1.165, 1.54) is 27.9 Å². The maximum absolute atomic E-state index is 5.98. The van der Waals surface area contributed by atoms with Gasteiger partial charge in [0, 0.05) is 37.1 Å². The number of nitrogens with zero attached hydrogens (tertiary/aromatic N) is 3. The summed E-state index contributed by atoms with van der Waals surface area (Å²) in [5.41, 5.74) is 9.81. The van der Waals surface area contributed by atoms with E-state index in [9.17, 15) is 0 Å². The molecule has 1 unspecified atom stereocenters. The van der Waals surface area contributed by atoms with Crippen molar-refractivity contribution >= 4 is 16.7 Å². The van der Waals surface area contributed by atoms with Crippen LogP contribution >= 0.6 is 0 Å². The van der Waals surface area contributed by atoms with Gasteiger partial charge < -0.3 is 14.6 Å². The molecule has 2 aromatic rings. The van der Waals surface area contributed by atoms with E-state index in [1.54, 1.807) is 0 Å². The average Bonchev–Trinajstić information content (AvgIpc) is 3.37. The van der Waals surface area contributed by atoms with Crippen LogP contribution in [0.25, 0.3) is 11.0 Å². The third kappa shape index (κ3) is 3.76. The lowest BCUT2D eigenvalue weighted by Gasteiger charge is -2.41. The fraction of sp³-hybridized carbons (Fsp3) is 0.500. The molecule has 0 saturated carbocycles. The van der Waals surface area contributed by atoms with E-state index < -0.39 is 0 Å². The lowest BCUT2D eigenvalue weighted by molar-refractivity contribution is 0.0822. The predicted octanol–water partition coefficient (Wildman–Crippen LogP) is 4.64. The zero-order valence-electron chi connectivity index (χ0n) is 19.9. The lowest BCUT2D eigenvalue weighted by Crippen LogP contribution is -2.48. The highest BCUT2D eigenvalue weighted by atomic mass is 16.5. The topological polar surface area (TPSA) is 56.4 Å². The first-order valence-corrected chi connectivity index (χ1v) is 11.7. The van der Waals surface area contributed by atoms with E-state index in [4.69, 9.17) is 9.72 Å². The molecule has 1 fully saturated rings.